The second kappa shape index (κ2) is 18.1. The smallest absolute Gasteiger partial charge is 0.471 e. The van der Waals surface area contributed by atoms with Crippen LogP contribution >= 0.6 is 0 Å². The number of carboxylic acid groups (broad SMARTS) is 2. The summed E-state index contributed by atoms with van der Waals surface area (Å²) in [5, 5.41) is 20.3. The fourth-order valence-electron chi connectivity index (χ4n) is 5.16. The van der Waals surface area contributed by atoms with E-state index in [1.807, 2.05) is 0 Å². The van der Waals surface area contributed by atoms with E-state index in [0.29, 0.717) is 9.80 Å². The quantitative estimate of drug-likeness (QED) is 0.108. The average molecular weight is 887 g/mol. The van der Waals surface area contributed by atoms with Crippen molar-refractivity contribution in [3.63, 3.8) is 0 Å². The molecule has 0 fully saturated rings. The normalized spacial score (nSPS) is 11.4. The van der Waals surface area contributed by atoms with Gasteiger partial charge in [-0.2, -0.15) is 36.3 Å². The van der Waals surface area contributed by atoms with Gasteiger partial charge in [0.25, 0.3) is 11.1 Å². The van der Waals surface area contributed by atoms with Gasteiger partial charge in [-0.3, -0.25) is 49.1 Å². The van der Waals surface area contributed by atoms with Crippen LogP contribution in [0.5, 0.6) is 0 Å². The molecule has 0 aliphatic carbocycles. The number of halogens is 6. The molecule has 3 amide bonds. The molecule has 63 heavy (non-hydrogen) atoms. The number of aromatic nitrogens is 8. The van der Waals surface area contributed by atoms with Crippen LogP contribution in [-0.4, -0.2) is 92.1 Å². The maximum Gasteiger partial charge on any atom is 0.471 e. The highest BCUT2D eigenvalue weighted by Gasteiger charge is 2.44. The average Bonchev–Trinajstić information content (AvgIpc) is 3.21. The first-order valence-corrected chi connectivity index (χ1v) is 17.4. The van der Waals surface area contributed by atoms with Crippen LogP contribution in [0.15, 0.2) is 70.5 Å². The summed E-state index contributed by atoms with van der Waals surface area (Å²) in [7, 11) is 0. The molecule has 0 unspecified atom stereocenters. The topological polar surface area (TPSA) is 313 Å². The summed E-state index contributed by atoms with van der Waals surface area (Å²) in [5.74, 6) is -8.20. The van der Waals surface area contributed by atoms with Gasteiger partial charge in [0.15, 0.2) is 22.3 Å². The molecule has 4 aromatic heterocycles. The first-order valence-electron chi connectivity index (χ1n) is 17.4. The number of amides is 3. The number of aromatic carboxylic acids is 2. The number of aromatic amines is 2. The number of carboxylic acids is 2. The zero-order chi connectivity index (χ0) is 46.6. The Morgan fingerprint density at radius 3 is 1.44 bits per heavy atom. The second-order valence-electron chi connectivity index (χ2n) is 13.1. The molecule has 2 aromatic carbocycles. The number of nitrogen functional groups attached to an aromatic ring is 1. The number of hydrogen-bond acceptors (Lipinski definition) is 14. The molecule has 0 bridgehead atoms. The highest BCUT2D eigenvalue weighted by Crippen LogP contribution is 2.27. The van der Waals surface area contributed by atoms with E-state index in [2.05, 4.69) is 45.2 Å². The molecule has 27 heteroatoms. The number of carbonyl (C=O) groups is 5. The van der Waals surface area contributed by atoms with Crippen molar-refractivity contribution >= 4 is 75.3 Å². The van der Waals surface area contributed by atoms with Gasteiger partial charge < -0.3 is 15.9 Å². The molecule has 0 aliphatic rings. The molecule has 0 saturated carbocycles. The van der Waals surface area contributed by atoms with E-state index >= 15 is 0 Å². The summed E-state index contributed by atoms with van der Waals surface area (Å²) in [6.45, 7) is 1.85. The Hall–Kier alpha value is -8.39. The highest BCUT2D eigenvalue weighted by molar-refractivity contribution is 5.99. The first-order chi connectivity index (χ1) is 29.4. The minimum Gasteiger partial charge on any atom is -0.478 e. The van der Waals surface area contributed by atoms with Gasteiger partial charge in [-0.15, -0.1) is 0 Å². The van der Waals surface area contributed by atoms with Crippen LogP contribution in [-0.2, 0) is 27.5 Å². The molecule has 0 saturated heterocycles. The van der Waals surface area contributed by atoms with E-state index in [0.717, 1.165) is 60.9 Å². The molecule has 0 spiro atoms. The Morgan fingerprint density at radius 1 is 0.667 bits per heavy atom. The van der Waals surface area contributed by atoms with Gasteiger partial charge in [-0.05, 0) is 48.5 Å². The van der Waals surface area contributed by atoms with Crippen molar-refractivity contribution in [2.45, 2.75) is 39.3 Å². The van der Waals surface area contributed by atoms with Crippen molar-refractivity contribution in [1.29, 1.82) is 0 Å². The van der Waals surface area contributed by atoms with Crippen LogP contribution in [0.2, 0.25) is 0 Å². The number of rotatable bonds is 10. The van der Waals surface area contributed by atoms with Crippen molar-refractivity contribution in [1.82, 2.24) is 39.9 Å². The zero-order valence-corrected chi connectivity index (χ0v) is 31.9. The van der Waals surface area contributed by atoms with E-state index in [9.17, 15) is 59.9 Å². The standard InChI is InChI=1S/C20H17F3N6O5.C16H11F3N6O4/c1-9(2)15(30)27-19-26-14-13(16(31)28-19)25-11(7-24-14)8-29(18(34)20(21,22)23)12-5-3-10(4-6-12)17(32)33;17-16(18,19)14(29)25(9-3-1-7(2-4-9)13(27)28)6-8-5-21-11-10(22-8)12(26)24-15(20)23-11/h3-7,9H,8H2,1-2H3,(H,32,33)(H2,24,26,27,28,30,31);1-5H,6H2,(H,27,28)(H3,20,21,23,24,26). The zero-order valence-electron chi connectivity index (χ0n) is 31.9. The van der Waals surface area contributed by atoms with Crippen LogP contribution in [0.25, 0.3) is 22.3 Å². The third-order valence-electron chi connectivity index (χ3n) is 8.19. The van der Waals surface area contributed by atoms with E-state index in [-0.39, 0.29) is 68.1 Å². The Morgan fingerprint density at radius 2 is 1.06 bits per heavy atom. The first kappa shape index (κ1) is 45.7. The molecular formula is C36H28F6N12O9. The van der Waals surface area contributed by atoms with Crippen molar-refractivity contribution in [2.24, 2.45) is 5.92 Å². The number of H-pyrrole nitrogens is 2. The summed E-state index contributed by atoms with van der Waals surface area (Å²) >= 11 is 0. The summed E-state index contributed by atoms with van der Waals surface area (Å²) in [6.07, 6.45) is -8.36. The number of benzene rings is 2. The number of anilines is 4. The third kappa shape index (κ3) is 11.1. The lowest BCUT2D eigenvalue weighted by Gasteiger charge is -2.23. The van der Waals surface area contributed by atoms with E-state index in [1.165, 1.54) is 0 Å². The Bertz CT molecular complexity index is 2870. The van der Waals surface area contributed by atoms with Crippen LogP contribution < -0.4 is 32.0 Å². The largest absolute Gasteiger partial charge is 0.478 e. The molecule has 7 N–H and O–H groups in total. The van der Waals surface area contributed by atoms with Gasteiger partial charge in [0.1, 0.15) is 0 Å². The minimum absolute atomic E-state index is 0.116. The lowest BCUT2D eigenvalue weighted by Crippen LogP contribution is -2.41. The number of nitrogens with one attached hydrogen (secondary N) is 3. The SMILES string of the molecule is CC(C)C(=O)Nc1nc2ncc(CN(C(=O)C(F)(F)F)c3ccc(C(=O)O)cc3)nc2c(=O)[nH]1.Nc1nc2ncc(CN(C(=O)C(F)(F)F)c3ccc(C(=O)O)cc3)nc2c(=O)[nH]1. The van der Waals surface area contributed by atoms with Crippen LogP contribution in [0.3, 0.4) is 0 Å². The third-order valence-corrected chi connectivity index (χ3v) is 8.19. The fourth-order valence-corrected chi connectivity index (χ4v) is 5.16. The Balaban J connectivity index is 0.000000240. The van der Waals surface area contributed by atoms with Crippen molar-refractivity contribution in [3.05, 3.63) is 104 Å². The van der Waals surface area contributed by atoms with Crippen LogP contribution in [0.1, 0.15) is 46.0 Å². The maximum atomic E-state index is 13.2. The molecule has 0 aliphatic heterocycles. The molecule has 6 aromatic rings. The minimum atomic E-state index is -5.24. The molecule has 21 nitrogen and oxygen atoms in total. The molecule has 6 rings (SSSR count). The number of alkyl halides is 6. The van der Waals surface area contributed by atoms with E-state index in [1.54, 1.807) is 13.8 Å². The van der Waals surface area contributed by atoms with Gasteiger partial charge in [0.05, 0.1) is 48.0 Å². The summed E-state index contributed by atoms with van der Waals surface area (Å²) in [5.41, 5.74) is 1.83. The maximum absolute atomic E-state index is 13.2. The molecule has 0 atom stereocenters. The van der Waals surface area contributed by atoms with Gasteiger partial charge in [-0.25, -0.2) is 29.5 Å². The second-order valence-corrected chi connectivity index (χ2v) is 13.1. The van der Waals surface area contributed by atoms with Gasteiger partial charge in [-0.1, -0.05) is 13.8 Å². The predicted octanol–water partition coefficient (Wildman–Crippen LogP) is 3.19. The van der Waals surface area contributed by atoms with Crippen LogP contribution in [0, 0.1) is 5.92 Å². The van der Waals surface area contributed by atoms with E-state index in [4.69, 9.17) is 15.9 Å². The predicted molar refractivity (Wildman–Crippen MR) is 205 cm³/mol. The lowest BCUT2D eigenvalue weighted by atomic mass is 10.2. The fraction of sp³-hybridized carbons (Fsp3) is 0.194. The molecular weight excluding hydrogens is 858 g/mol. The van der Waals surface area contributed by atoms with Gasteiger partial charge >= 0.3 is 36.1 Å². The lowest BCUT2D eigenvalue weighted by molar-refractivity contribution is -0.170. The highest BCUT2D eigenvalue weighted by atomic mass is 19.4. The number of nitrogens with two attached hydrogens (primary N) is 1. The van der Waals surface area contributed by atoms with Gasteiger partial charge in [0, 0.05) is 17.3 Å². The van der Waals surface area contributed by atoms with Crippen molar-refractivity contribution in [3.8, 4) is 0 Å². The van der Waals surface area contributed by atoms with E-state index < -0.39 is 72.1 Å². The van der Waals surface area contributed by atoms with Gasteiger partial charge in [0.2, 0.25) is 17.8 Å². The monoisotopic (exact) mass is 886 g/mol. The molecule has 328 valence electrons. The number of nitrogens with zero attached hydrogens (tertiary/aromatic N) is 8. The Kier molecular flexibility index (Phi) is 13.1. The van der Waals surface area contributed by atoms with Crippen LogP contribution in [0.4, 0.5) is 49.6 Å². The van der Waals surface area contributed by atoms with Crippen molar-refractivity contribution in [2.75, 3.05) is 20.9 Å². The Labute approximate surface area is 345 Å². The molecule has 4 heterocycles. The summed E-state index contributed by atoms with van der Waals surface area (Å²) in [4.78, 5) is 110. The number of fused-ring (bicyclic) bond motifs is 2. The number of hydrogen-bond donors (Lipinski definition) is 6. The summed E-state index contributed by atoms with van der Waals surface area (Å²) in [6, 6.07) is 8.38. The summed E-state index contributed by atoms with van der Waals surface area (Å²) < 4.78 is 78.8. The van der Waals surface area contributed by atoms with Crippen molar-refractivity contribution < 1.29 is 60.5 Å². The number of carbonyl (C=O) groups excluding carboxylic acids is 3. The molecule has 0 radical (unpaired) electrons.